The fraction of sp³-hybridized carbons (Fsp3) is 0.604. The number of hydrogen-bond donors (Lipinski definition) is 16. The predicted molar refractivity (Wildman–Crippen MR) is 288 cm³/mol. The number of thioether (sulfide) groups is 1. The molecule has 0 spiro atoms. The van der Waals surface area contributed by atoms with Gasteiger partial charge in [-0.1, -0.05) is 52.3 Å². The number of benzene rings is 1. The van der Waals surface area contributed by atoms with Crippen molar-refractivity contribution in [2.75, 3.05) is 23.5 Å². The molecular formula is C48H74N10O15S3. The first-order valence-electron chi connectivity index (χ1n) is 24.6. The van der Waals surface area contributed by atoms with Gasteiger partial charge in [-0.2, -0.15) is 37.0 Å². The van der Waals surface area contributed by atoms with Crippen LogP contribution >= 0.6 is 37.0 Å². The number of nitrogens with one attached hydrogen (secondary N) is 9. The SMILES string of the molecule is CC[C@H](C)[C@H](NC(=O)[C@H](CCC(=O)O)NC(=O)[C@H](CCC(=O)O)NC(=O)[C@@H](N)CS)C(=O)N[C@@H](Cc1c[nH]c2ccccc12)C(=O)N[C@H](C(=O)N[C@@H](CCSC)C(=O)N[C@@H](CC(C)C)C(=O)N[C@@H](CS)C(=O)O)[C@@H](C)O. The molecule has 0 bridgehead atoms. The van der Waals surface area contributed by atoms with E-state index in [2.05, 4.69) is 72.8 Å². The van der Waals surface area contributed by atoms with Crippen LogP contribution in [0.15, 0.2) is 30.5 Å². The van der Waals surface area contributed by atoms with Gasteiger partial charge in [-0.25, -0.2) is 4.79 Å². The van der Waals surface area contributed by atoms with Gasteiger partial charge in [0.25, 0.3) is 0 Å². The molecule has 8 amide bonds. The summed E-state index contributed by atoms with van der Waals surface area (Å²) in [6, 6.07) is -6.09. The Morgan fingerprint density at radius 2 is 1.07 bits per heavy atom. The second-order valence-electron chi connectivity index (χ2n) is 18.6. The highest BCUT2D eigenvalue weighted by molar-refractivity contribution is 7.98. The minimum Gasteiger partial charge on any atom is -0.481 e. The third-order valence-electron chi connectivity index (χ3n) is 12.1. The smallest absolute Gasteiger partial charge is 0.327 e. The van der Waals surface area contributed by atoms with E-state index in [1.165, 1.54) is 18.7 Å². The number of carbonyl (C=O) groups excluding carboxylic acids is 8. The van der Waals surface area contributed by atoms with E-state index in [0.29, 0.717) is 22.2 Å². The van der Waals surface area contributed by atoms with Crippen molar-refractivity contribution in [3.05, 3.63) is 36.0 Å². The lowest BCUT2D eigenvalue weighted by Gasteiger charge is -2.30. The monoisotopic (exact) mass is 1130 g/mol. The maximum atomic E-state index is 14.5. The van der Waals surface area contributed by atoms with Crippen LogP contribution in [0.3, 0.4) is 0 Å². The lowest BCUT2D eigenvalue weighted by Crippen LogP contribution is -2.62. The zero-order chi connectivity index (χ0) is 57.4. The van der Waals surface area contributed by atoms with Gasteiger partial charge in [-0.3, -0.25) is 47.9 Å². The highest BCUT2D eigenvalue weighted by atomic mass is 32.2. The molecule has 1 heterocycles. The van der Waals surface area contributed by atoms with Crippen LogP contribution < -0.4 is 48.3 Å². The topological polar surface area (TPSA) is 407 Å². The van der Waals surface area contributed by atoms with E-state index in [0.717, 1.165) is 0 Å². The van der Waals surface area contributed by atoms with Crippen molar-refractivity contribution in [1.82, 2.24) is 47.5 Å². The van der Waals surface area contributed by atoms with E-state index in [-0.39, 0.29) is 43.1 Å². The average Bonchev–Trinajstić information content (AvgIpc) is 3.77. The Bertz CT molecular complexity index is 2340. The quantitative estimate of drug-likeness (QED) is 0.0361. The summed E-state index contributed by atoms with van der Waals surface area (Å²) in [5.74, 6) is -12.5. The van der Waals surface area contributed by atoms with Crippen LogP contribution in [0.4, 0.5) is 0 Å². The maximum absolute atomic E-state index is 14.5. The van der Waals surface area contributed by atoms with E-state index >= 15 is 0 Å². The van der Waals surface area contributed by atoms with Crippen molar-refractivity contribution in [3.63, 3.8) is 0 Å². The molecule has 0 saturated carbocycles. The van der Waals surface area contributed by atoms with Crippen LogP contribution in [0.2, 0.25) is 0 Å². The van der Waals surface area contributed by atoms with Gasteiger partial charge in [0.1, 0.15) is 48.3 Å². The predicted octanol–water partition coefficient (Wildman–Crippen LogP) is -1.18. The minimum absolute atomic E-state index is 0.0133. The highest BCUT2D eigenvalue weighted by Crippen LogP contribution is 2.20. The summed E-state index contributed by atoms with van der Waals surface area (Å²) >= 11 is 9.28. The van der Waals surface area contributed by atoms with Crippen molar-refractivity contribution in [2.45, 2.75) is 146 Å². The standard InChI is InChI=1S/C48H74N10O15S3/c1-7-24(4)38(57-43(67)31(13-15-37(62)63)52-41(65)30(12-14-36(60)61)51-40(64)28(49)21-74)46(70)55-34(19-26-20-50-29-11-9-8-10-27(26)29)45(69)58-39(25(5)59)47(71)53-32(16-17-76-6)42(66)54-33(18-23(2)3)44(68)56-35(22-75)48(72)73/h8-11,20,23-25,28,30-35,38-39,50,59,74-75H,7,12-19,21-22,49H2,1-6H3,(H,51,64)(H,52,65)(H,53,71)(H,54,66)(H,55,70)(H,56,68)(H,57,67)(H,58,69)(H,60,61)(H,62,63)(H,72,73)/t24-,25+,28-,30-,31-,32-,33-,34-,35-,38-,39-/m0/s1. The number of thiol groups is 2. The van der Waals surface area contributed by atoms with Gasteiger partial charge in [-0.05, 0) is 68.1 Å². The van der Waals surface area contributed by atoms with Crippen molar-refractivity contribution >= 4 is 113 Å². The second-order valence-corrected chi connectivity index (χ2v) is 20.3. The van der Waals surface area contributed by atoms with E-state index < -0.39 is 157 Å². The summed E-state index contributed by atoms with van der Waals surface area (Å²) in [5.41, 5.74) is 6.93. The minimum atomic E-state index is -1.76. The fourth-order valence-corrected chi connectivity index (χ4v) is 8.40. The lowest BCUT2D eigenvalue weighted by molar-refractivity contribution is -0.142. The van der Waals surface area contributed by atoms with Crippen molar-refractivity contribution in [2.24, 2.45) is 17.6 Å². The number of aliphatic carboxylic acids is 3. The molecule has 2 rings (SSSR count). The number of aromatic amines is 1. The third kappa shape index (κ3) is 21.9. The fourth-order valence-electron chi connectivity index (χ4n) is 7.51. The zero-order valence-corrected chi connectivity index (χ0v) is 45.9. The molecule has 0 radical (unpaired) electrons. The van der Waals surface area contributed by atoms with Gasteiger partial charge in [-0.15, -0.1) is 0 Å². The molecule has 0 fully saturated rings. The molecule has 0 aliphatic rings. The number of carboxylic acid groups (broad SMARTS) is 3. The van der Waals surface area contributed by atoms with Gasteiger partial charge >= 0.3 is 17.9 Å². The number of amides is 8. The summed E-state index contributed by atoms with van der Waals surface area (Å²) in [6.45, 7) is 8.04. The maximum Gasteiger partial charge on any atom is 0.327 e. The van der Waals surface area contributed by atoms with Crippen LogP contribution in [0.1, 0.15) is 85.1 Å². The number of carboxylic acids is 3. The van der Waals surface area contributed by atoms with E-state index in [4.69, 9.17) is 5.73 Å². The molecule has 76 heavy (non-hydrogen) atoms. The Balaban J connectivity index is 2.55. The Morgan fingerprint density at radius 1 is 0.605 bits per heavy atom. The van der Waals surface area contributed by atoms with Gasteiger partial charge < -0.3 is 73.7 Å². The van der Waals surface area contributed by atoms with Crippen molar-refractivity contribution in [3.8, 4) is 0 Å². The number of hydrogen-bond acceptors (Lipinski definition) is 16. The van der Waals surface area contributed by atoms with Crippen molar-refractivity contribution < 1.29 is 73.2 Å². The van der Waals surface area contributed by atoms with Gasteiger partial charge in [0, 0.05) is 47.9 Å². The lowest BCUT2D eigenvalue weighted by atomic mass is 9.96. The normalized spacial score (nSPS) is 15.6. The number of aromatic nitrogens is 1. The van der Waals surface area contributed by atoms with Crippen LogP contribution in [0.25, 0.3) is 10.9 Å². The highest BCUT2D eigenvalue weighted by Gasteiger charge is 2.37. The summed E-state index contributed by atoms with van der Waals surface area (Å²) in [5, 5.41) is 59.9. The summed E-state index contributed by atoms with van der Waals surface area (Å²) in [6.07, 6.45) is -0.393. The molecule has 11 atom stereocenters. The van der Waals surface area contributed by atoms with Gasteiger partial charge in [0.2, 0.25) is 47.3 Å². The van der Waals surface area contributed by atoms with Crippen LogP contribution in [-0.4, -0.2) is 175 Å². The van der Waals surface area contributed by atoms with Crippen molar-refractivity contribution in [1.29, 1.82) is 0 Å². The Hall–Kier alpha value is -6.10. The molecule has 0 saturated heterocycles. The summed E-state index contributed by atoms with van der Waals surface area (Å²) < 4.78 is 0. The largest absolute Gasteiger partial charge is 0.481 e. The number of fused-ring (bicyclic) bond motifs is 1. The van der Waals surface area contributed by atoms with E-state index in [1.54, 1.807) is 64.4 Å². The average molecular weight is 1130 g/mol. The first kappa shape index (κ1) is 66.0. The molecule has 0 aliphatic heterocycles. The molecule has 28 heteroatoms. The Labute approximate surface area is 455 Å². The number of H-pyrrole nitrogens is 1. The van der Waals surface area contributed by atoms with E-state index in [1.807, 2.05) is 0 Å². The molecule has 25 nitrogen and oxygen atoms in total. The van der Waals surface area contributed by atoms with E-state index in [9.17, 15) is 73.2 Å². The zero-order valence-electron chi connectivity index (χ0n) is 43.3. The first-order valence-corrected chi connectivity index (χ1v) is 27.2. The molecule has 0 aliphatic carbocycles. The molecule has 1 aromatic heterocycles. The first-order chi connectivity index (χ1) is 35.8. The second kappa shape index (κ2) is 33.1. The third-order valence-corrected chi connectivity index (χ3v) is 13.5. The molecule has 0 unspecified atom stereocenters. The Kier molecular flexibility index (Phi) is 28.8. The molecule has 424 valence electrons. The molecule has 1 aromatic carbocycles. The molecule has 15 N–H and O–H groups in total. The van der Waals surface area contributed by atoms with Gasteiger partial charge in [0.15, 0.2) is 0 Å². The van der Waals surface area contributed by atoms with Crippen LogP contribution in [0, 0.1) is 11.8 Å². The number of para-hydroxylation sites is 1. The Morgan fingerprint density at radius 3 is 1.58 bits per heavy atom. The van der Waals surface area contributed by atoms with Crippen LogP contribution in [-0.2, 0) is 59.2 Å². The summed E-state index contributed by atoms with van der Waals surface area (Å²) in [4.78, 5) is 148. The van der Waals surface area contributed by atoms with Gasteiger partial charge in [0.05, 0.1) is 12.1 Å². The number of aliphatic hydroxyl groups excluding tert-OH is 1. The molecule has 2 aromatic rings. The summed E-state index contributed by atoms with van der Waals surface area (Å²) in [7, 11) is 0. The number of rotatable bonds is 35. The van der Waals surface area contributed by atoms with Crippen LogP contribution in [0.5, 0.6) is 0 Å². The number of aliphatic hydroxyl groups is 1. The number of nitrogens with two attached hydrogens (primary N) is 1. The number of carbonyl (C=O) groups is 11. The molecular weight excluding hydrogens is 1050 g/mol.